The van der Waals surface area contributed by atoms with Gasteiger partial charge in [0.05, 0.1) is 11.1 Å². The molecule has 1 fully saturated rings. The van der Waals surface area contributed by atoms with E-state index in [4.69, 9.17) is 4.74 Å². The predicted molar refractivity (Wildman–Crippen MR) is 142 cm³/mol. The normalized spacial score (nSPS) is 14.6. The summed E-state index contributed by atoms with van der Waals surface area (Å²) in [4.78, 5) is 32.3. The highest BCUT2D eigenvalue weighted by Gasteiger charge is 2.33. The van der Waals surface area contributed by atoms with E-state index in [0.717, 1.165) is 6.07 Å². The van der Waals surface area contributed by atoms with Crippen molar-refractivity contribution in [1.29, 1.82) is 0 Å². The number of rotatable bonds is 5. The Morgan fingerprint density at radius 3 is 2.33 bits per heavy atom. The number of piperazine rings is 1. The van der Waals surface area contributed by atoms with Gasteiger partial charge in [-0.25, -0.2) is 9.78 Å². The highest BCUT2D eigenvalue weighted by molar-refractivity contribution is 6.04. The third-order valence-corrected chi connectivity index (χ3v) is 6.23. The molecule has 4 rings (SSSR count). The summed E-state index contributed by atoms with van der Waals surface area (Å²) in [6, 6.07) is 12.6. The number of ether oxygens (including phenoxy) is 1. The fourth-order valence-electron chi connectivity index (χ4n) is 4.42. The second kappa shape index (κ2) is 11.6. The number of hydrogen-bond donors (Lipinski definition) is 1. The standard InChI is InChI=1S/C29H30F4N4O3/c1-28(2,3)40-27(39)37-13-11-36(12-14-37)18-19-15-20(22-7-4-5-9-24(22)29(31,32)33)17-21(16-19)35-26(38)23-8-6-10-34-25(23)30/h4-10,15-17H,11-14,18H2,1-3H3,(H,35,38). The van der Waals surface area contributed by atoms with Crippen molar-refractivity contribution in [2.45, 2.75) is 39.1 Å². The molecule has 0 spiro atoms. The van der Waals surface area contributed by atoms with Gasteiger partial charge in [0.2, 0.25) is 5.95 Å². The van der Waals surface area contributed by atoms with Crippen LogP contribution in [0.1, 0.15) is 42.3 Å². The van der Waals surface area contributed by atoms with E-state index in [9.17, 15) is 27.2 Å². The lowest BCUT2D eigenvalue weighted by Crippen LogP contribution is -2.49. The van der Waals surface area contributed by atoms with Crippen molar-refractivity contribution < 1.29 is 31.9 Å². The summed E-state index contributed by atoms with van der Waals surface area (Å²) in [5.41, 5.74) is -0.653. The van der Waals surface area contributed by atoms with E-state index >= 15 is 0 Å². The van der Waals surface area contributed by atoms with Crippen LogP contribution in [0.5, 0.6) is 0 Å². The van der Waals surface area contributed by atoms with E-state index in [0.29, 0.717) is 38.3 Å². The average Bonchev–Trinajstić information content (AvgIpc) is 2.87. The number of nitrogens with one attached hydrogen (secondary N) is 1. The molecule has 1 aromatic heterocycles. The highest BCUT2D eigenvalue weighted by atomic mass is 19.4. The minimum Gasteiger partial charge on any atom is -0.444 e. The number of halogens is 4. The van der Waals surface area contributed by atoms with E-state index in [1.165, 1.54) is 42.6 Å². The first-order valence-electron chi connectivity index (χ1n) is 12.7. The monoisotopic (exact) mass is 558 g/mol. The molecular weight excluding hydrogens is 528 g/mol. The van der Waals surface area contributed by atoms with Crippen LogP contribution in [-0.2, 0) is 17.5 Å². The average molecular weight is 559 g/mol. The van der Waals surface area contributed by atoms with E-state index < -0.39 is 35.3 Å². The quantitative estimate of drug-likeness (QED) is 0.298. The first-order valence-corrected chi connectivity index (χ1v) is 12.7. The van der Waals surface area contributed by atoms with E-state index in [2.05, 4.69) is 15.2 Å². The van der Waals surface area contributed by atoms with Gasteiger partial charge in [-0.2, -0.15) is 17.6 Å². The molecule has 7 nitrogen and oxygen atoms in total. The number of amides is 2. The molecule has 2 amide bonds. The maximum atomic E-state index is 14.1. The maximum absolute atomic E-state index is 14.1. The predicted octanol–water partition coefficient (Wildman–Crippen LogP) is 6.21. The van der Waals surface area contributed by atoms with Crippen molar-refractivity contribution in [1.82, 2.24) is 14.8 Å². The Bertz CT molecular complexity index is 1380. The number of benzene rings is 2. The number of pyridine rings is 1. The molecule has 0 bridgehead atoms. The Hall–Kier alpha value is -3.99. The van der Waals surface area contributed by atoms with Gasteiger partial charge < -0.3 is 15.0 Å². The largest absolute Gasteiger partial charge is 0.444 e. The molecule has 1 aliphatic rings. The lowest BCUT2D eigenvalue weighted by Gasteiger charge is -2.35. The van der Waals surface area contributed by atoms with Crippen molar-refractivity contribution in [2.24, 2.45) is 0 Å². The molecule has 1 N–H and O–H groups in total. The topological polar surface area (TPSA) is 74.8 Å². The van der Waals surface area contributed by atoms with E-state index in [-0.39, 0.29) is 22.4 Å². The first kappa shape index (κ1) is 29.0. The van der Waals surface area contributed by atoms with E-state index in [1.807, 2.05) is 0 Å². The van der Waals surface area contributed by atoms with Gasteiger partial charge in [0.1, 0.15) is 5.60 Å². The number of carbonyl (C=O) groups is 2. The van der Waals surface area contributed by atoms with Crippen LogP contribution in [0.3, 0.4) is 0 Å². The molecule has 3 aromatic rings. The molecule has 2 heterocycles. The minimum atomic E-state index is -4.59. The van der Waals surface area contributed by atoms with Gasteiger partial charge >= 0.3 is 12.3 Å². The molecule has 0 unspecified atom stereocenters. The zero-order valence-corrected chi connectivity index (χ0v) is 22.4. The Kier molecular flexibility index (Phi) is 8.43. The Morgan fingerprint density at radius 1 is 0.975 bits per heavy atom. The molecule has 0 radical (unpaired) electrons. The maximum Gasteiger partial charge on any atom is 0.417 e. The van der Waals surface area contributed by atoms with Gasteiger partial charge in [-0.05, 0) is 73.9 Å². The summed E-state index contributed by atoms with van der Waals surface area (Å²) in [5, 5.41) is 2.60. The summed E-state index contributed by atoms with van der Waals surface area (Å²) in [5.74, 6) is -1.73. The van der Waals surface area contributed by atoms with Crippen LogP contribution in [0.4, 0.5) is 28.0 Å². The Balaban J connectivity index is 1.60. The number of hydrogen-bond acceptors (Lipinski definition) is 5. The van der Waals surface area contributed by atoms with Crippen molar-refractivity contribution in [3.63, 3.8) is 0 Å². The van der Waals surface area contributed by atoms with Gasteiger partial charge in [-0.15, -0.1) is 0 Å². The van der Waals surface area contributed by atoms with E-state index in [1.54, 1.807) is 37.8 Å². The van der Waals surface area contributed by atoms with Crippen LogP contribution in [0.15, 0.2) is 60.8 Å². The summed E-state index contributed by atoms with van der Waals surface area (Å²) in [7, 11) is 0. The number of alkyl halides is 3. The van der Waals surface area contributed by atoms with Crippen molar-refractivity contribution >= 4 is 17.7 Å². The molecule has 1 saturated heterocycles. The van der Waals surface area contributed by atoms with Crippen LogP contribution in [0.2, 0.25) is 0 Å². The number of anilines is 1. The Morgan fingerprint density at radius 2 is 1.68 bits per heavy atom. The third-order valence-electron chi connectivity index (χ3n) is 6.23. The fraction of sp³-hybridized carbons (Fsp3) is 0.345. The van der Waals surface area contributed by atoms with Crippen LogP contribution >= 0.6 is 0 Å². The fourth-order valence-corrected chi connectivity index (χ4v) is 4.42. The van der Waals surface area contributed by atoms with Gasteiger partial charge in [-0.1, -0.05) is 18.2 Å². The van der Waals surface area contributed by atoms with Crippen LogP contribution in [-0.4, -0.2) is 58.6 Å². The summed E-state index contributed by atoms with van der Waals surface area (Å²) >= 11 is 0. The molecule has 0 aliphatic carbocycles. The highest BCUT2D eigenvalue weighted by Crippen LogP contribution is 2.38. The number of nitrogens with zero attached hydrogens (tertiary/aromatic N) is 3. The van der Waals surface area contributed by atoms with Gasteiger partial charge in [0.15, 0.2) is 0 Å². The summed E-state index contributed by atoms with van der Waals surface area (Å²) in [6.45, 7) is 7.63. The molecule has 0 saturated carbocycles. The molecule has 0 atom stereocenters. The van der Waals surface area contributed by atoms with Crippen LogP contribution in [0, 0.1) is 5.95 Å². The zero-order chi connectivity index (χ0) is 29.1. The molecule has 40 heavy (non-hydrogen) atoms. The molecule has 1 aliphatic heterocycles. The lowest BCUT2D eigenvalue weighted by molar-refractivity contribution is -0.137. The SMILES string of the molecule is CC(C)(C)OC(=O)N1CCN(Cc2cc(NC(=O)c3cccnc3F)cc(-c3ccccc3C(F)(F)F)c2)CC1. The van der Waals surface area contributed by atoms with Crippen LogP contribution < -0.4 is 5.32 Å². The summed E-state index contributed by atoms with van der Waals surface area (Å²) < 4.78 is 61.0. The second-order valence-corrected chi connectivity index (χ2v) is 10.5. The van der Waals surface area contributed by atoms with Crippen molar-refractivity contribution in [3.05, 3.63) is 83.4 Å². The van der Waals surface area contributed by atoms with Gasteiger partial charge in [0, 0.05) is 44.6 Å². The van der Waals surface area contributed by atoms with Gasteiger partial charge in [-0.3, -0.25) is 9.69 Å². The van der Waals surface area contributed by atoms with Crippen LogP contribution in [0.25, 0.3) is 11.1 Å². The zero-order valence-electron chi connectivity index (χ0n) is 22.4. The smallest absolute Gasteiger partial charge is 0.417 e. The third kappa shape index (κ3) is 7.35. The molecule has 212 valence electrons. The Labute approximate surface area is 229 Å². The summed E-state index contributed by atoms with van der Waals surface area (Å²) in [6.07, 6.45) is -3.78. The molecule has 11 heteroatoms. The first-order chi connectivity index (χ1) is 18.8. The minimum absolute atomic E-state index is 0.0466. The van der Waals surface area contributed by atoms with Gasteiger partial charge in [0.25, 0.3) is 5.91 Å². The van der Waals surface area contributed by atoms with Crippen molar-refractivity contribution in [2.75, 3.05) is 31.5 Å². The molecular formula is C29H30F4N4O3. The lowest BCUT2D eigenvalue weighted by atomic mass is 9.96. The van der Waals surface area contributed by atoms with Crippen molar-refractivity contribution in [3.8, 4) is 11.1 Å². The second-order valence-electron chi connectivity index (χ2n) is 10.5. The molecule has 2 aromatic carbocycles. The number of aromatic nitrogens is 1. The number of carbonyl (C=O) groups excluding carboxylic acids is 2.